The van der Waals surface area contributed by atoms with E-state index in [2.05, 4.69) is 61.7 Å². The van der Waals surface area contributed by atoms with Crippen LogP contribution in [-0.2, 0) is 26.2 Å². The first-order valence-corrected chi connectivity index (χ1v) is 28.5. The first-order valence-electron chi connectivity index (χ1n) is 27.6. The summed E-state index contributed by atoms with van der Waals surface area (Å²) in [4.78, 5) is 87.2. The number of rotatable bonds is 23. The molecule has 6 N–H and O–H groups in total. The van der Waals surface area contributed by atoms with Crippen LogP contribution in [0.2, 0.25) is 0 Å². The predicted molar refractivity (Wildman–Crippen MR) is 311 cm³/mol. The van der Waals surface area contributed by atoms with Gasteiger partial charge in [-0.1, -0.05) is 76.8 Å². The van der Waals surface area contributed by atoms with Gasteiger partial charge in [-0.25, -0.2) is 15.0 Å². The number of benzene rings is 2. The van der Waals surface area contributed by atoms with Gasteiger partial charge in [-0.3, -0.25) is 28.7 Å². The summed E-state index contributed by atoms with van der Waals surface area (Å²) in [6.07, 6.45) is 8.44. The molecule has 0 radical (unpaired) electrons. The van der Waals surface area contributed by atoms with E-state index in [1.165, 1.54) is 11.9 Å². The highest BCUT2D eigenvalue weighted by Gasteiger charge is 2.45. The zero-order chi connectivity index (χ0) is 57.8. The Bertz CT molecular complexity index is 3140. The molecule has 6 heterocycles. The third kappa shape index (κ3) is 15.0. The van der Waals surface area contributed by atoms with Crippen LogP contribution < -0.4 is 36.2 Å². The van der Waals surface area contributed by atoms with Crippen LogP contribution in [0.1, 0.15) is 113 Å². The van der Waals surface area contributed by atoms with Crippen LogP contribution in [0.4, 0.5) is 28.7 Å². The van der Waals surface area contributed by atoms with Crippen molar-refractivity contribution >= 4 is 69.6 Å². The number of β-amino-alcohol motifs (C(OH)–C–C–N with tert-alkyl or cyclic N) is 1. The Labute approximate surface area is 476 Å². The molecule has 4 atom stereocenters. The Kier molecular flexibility index (Phi) is 19.6. The monoisotopic (exact) mass is 1130 g/mol. The Balaban J connectivity index is 0.726. The van der Waals surface area contributed by atoms with E-state index in [0.29, 0.717) is 79.2 Å². The number of aromatic nitrogens is 7. The molecule has 0 saturated carbocycles. The van der Waals surface area contributed by atoms with Crippen molar-refractivity contribution in [3.63, 3.8) is 0 Å². The minimum atomic E-state index is -0.887. The van der Waals surface area contributed by atoms with E-state index in [0.717, 1.165) is 59.5 Å². The third-order valence-corrected chi connectivity index (χ3v) is 15.6. The minimum absolute atomic E-state index is 0.00787. The molecule has 430 valence electrons. The molecule has 1 unspecified atom stereocenters. The molecule has 5 amide bonds. The van der Waals surface area contributed by atoms with Gasteiger partial charge in [0, 0.05) is 72.1 Å². The maximum atomic E-state index is 14.2. The second-order valence-corrected chi connectivity index (χ2v) is 22.6. The van der Waals surface area contributed by atoms with Gasteiger partial charge in [0.15, 0.2) is 23.1 Å². The number of hydrogen-bond acceptors (Lipinski definition) is 17. The zero-order valence-corrected chi connectivity index (χ0v) is 48.3. The largest absolute Gasteiger partial charge is 0.494 e. The number of methoxy groups -OCH3 is 1. The molecule has 8 rings (SSSR count). The number of ether oxygens (including phenoxy) is 1. The molecule has 2 aromatic carbocycles. The quantitative estimate of drug-likeness (QED) is 0.0350. The van der Waals surface area contributed by atoms with E-state index < -0.39 is 29.5 Å². The number of aryl methyl sites for hydroxylation is 2. The molecule has 6 aromatic rings. The second-order valence-electron chi connectivity index (χ2n) is 21.7. The third-order valence-electron chi connectivity index (χ3n) is 14.7. The van der Waals surface area contributed by atoms with E-state index in [1.54, 1.807) is 48.8 Å². The van der Waals surface area contributed by atoms with Crippen LogP contribution in [0.5, 0.6) is 5.75 Å². The first-order chi connectivity index (χ1) is 38.9. The summed E-state index contributed by atoms with van der Waals surface area (Å²) in [7, 11) is 4.86. The van der Waals surface area contributed by atoms with Crippen LogP contribution in [-0.4, -0.2) is 144 Å². The van der Waals surface area contributed by atoms with Gasteiger partial charge < -0.3 is 51.1 Å². The summed E-state index contributed by atoms with van der Waals surface area (Å²) in [5, 5.41) is 38.7. The lowest BCUT2D eigenvalue weighted by Gasteiger charge is -2.36. The average molecular weight is 1130 g/mol. The smallest absolute Gasteiger partial charge is 0.273 e. The van der Waals surface area contributed by atoms with E-state index in [9.17, 15) is 29.1 Å². The number of nitrogens with zero attached hydrogens (tertiary/aromatic N) is 10. The first kappa shape index (κ1) is 59.1. The number of unbranched alkanes of at least 4 members (excludes halogenated alkanes) is 5. The molecule has 23 heteroatoms. The molecule has 2 saturated heterocycles. The van der Waals surface area contributed by atoms with Crippen LogP contribution in [0.25, 0.3) is 21.8 Å². The molecule has 0 bridgehead atoms. The normalized spacial score (nSPS) is 16.1. The number of anilines is 5. The molecule has 0 aliphatic carbocycles. The van der Waals surface area contributed by atoms with Crippen molar-refractivity contribution in [3.8, 4) is 27.6 Å². The number of amides is 5. The highest BCUT2D eigenvalue weighted by molar-refractivity contribution is 7.13. The molecule has 0 spiro atoms. The number of carbonyl (C=O) groups is 5. The van der Waals surface area contributed by atoms with Crippen molar-refractivity contribution < 1.29 is 33.8 Å². The van der Waals surface area contributed by atoms with Gasteiger partial charge in [0.2, 0.25) is 23.6 Å². The van der Waals surface area contributed by atoms with Crippen molar-refractivity contribution in [2.24, 2.45) is 12.5 Å². The Hall–Kier alpha value is -8.05. The van der Waals surface area contributed by atoms with E-state index in [1.807, 2.05) is 99.6 Å². The number of piperazine rings is 1. The topological polar surface area (TPSA) is 267 Å². The summed E-state index contributed by atoms with van der Waals surface area (Å²) in [5.41, 5.74) is 6.71. The molecule has 2 aliphatic rings. The lowest BCUT2D eigenvalue weighted by molar-refractivity contribution is -0.144. The fourth-order valence-electron chi connectivity index (χ4n) is 10.1. The fraction of sp³-hybridized carbons (Fsp3) is 0.466. The summed E-state index contributed by atoms with van der Waals surface area (Å²) >= 11 is 1.58. The lowest BCUT2D eigenvalue weighted by atomic mass is 9.85. The predicted octanol–water partition coefficient (Wildman–Crippen LogP) is 7.09. The van der Waals surface area contributed by atoms with Crippen molar-refractivity contribution in [1.29, 1.82) is 0 Å². The summed E-state index contributed by atoms with van der Waals surface area (Å²) in [6.45, 7) is 12.1. The highest BCUT2D eigenvalue weighted by atomic mass is 32.1. The molecule has 81 heavy (non-hydrogen) atoms. The number of aliphatic hydroxyl groups is 1. The van der Waals surface area contributed by atoms with Crippen LogP contribution in [0.15, 0.2) is 78.7 Å². The van der Waals surface area contributed by atoms with E-state index >= 15 is 0 Å². The Morgan fingerprint density at radius 2 is 1.57 bits per heavy atom. The van der Waals surface area contributed by atoms with Crippen LogP contribution >= 0.6 is 11.3 Å². The number of aliphatic hydroxyl groups excluding tert-OH is 1. The van der Waals surface area contributed by atoms with E-state index in [4.69, 9.17) is 4.74 Å². The number of thiazole rings is 1. The van der Waals surface area contributed by atoms with Gasteiger partial charge in [0.05, 0.1) is 64.2 Å². The molecule has 2 fully saturated rings. The average Bonchev–Trinajstić information content (AvgIpc) is 4.27. The molecule has 2 aliphatic heterocycles. The maximum absolute atomic E-state index is 14.2. The summed E-state index contributed by atoms with van der Waals surface area (Å²) < 4.78 is 7.37. The SMILES string of the molecule is CNC(=O)c1nnc(Nc2ccc(N3CCN(C(=O)CCCCCCCCC(=O)NC(C(=O)N4C[C@H](O)C[C@H]4C(=O)N[C@@H](C)c4ccc(-c5scnc5C)cc4)C(C)(C)C)CC3)cn2)cc1Nc1cccc(-c2ncn(C)n2)c1OC. The van der Waals surface area contributed by atoms with Crippen molar-refractivity contribution in [2.75, 3.05) is 62.4 Å². The number of likely N-dealkylation sites (tertiary alicyclic amines) is 1. The van der Waals surface area contributed by atoms with Gasteiger partial charge in [0.1, 0.15) is 24.2 Å². The molecule has 4 aromatic heterocycles. The Morgan fingerprint density at radius 1 is 0.840 bits per heavy atom. The lowest BCUT2D eigenvalue weighted by Crippen LogP contribution is -2.57. The van der Waals surface area contributed by atoms with Crippen LogP contribution in [0, 0.1) is 12.3 Å². The van der Waals surface area contributed by atoms with Gasteiger partial charge in [-0.2, -0.15) is 5.10 Å². The van der Waals surface area contributed by atoms with Crippen molar-refractivity contribution in [2.45, 2.75) is 117 Å². The standard InChI is InChI=1S/C58H75N15O7S/c1-36(38-20-22-39(23-21-38)52-37(2)62-35-81-52)63-55(77)45-30-41(74)33-73(45)57(79)53(58(3,4)5)66-48(75)18-13-11-9-10-12-14-19-49(76)72-28-26-71(27-29-72)40-24-25-46(60-32-40)65-47-31-44(50(68-67-47)56(78)59-6)64-43-17-15-16-42(51(43)80-8)54-61-34-70(7)69-54/h15-17,20-25,31-32,34-36,41,45,53,74H,9-14,18-19,26-30,33H2,1-8H3,(H,59,78)(H,63,77)(H,66,75)(H2,60,64,65,67)/t36-,41+,45-,53?/m0/s1. The van der Waals surface area contributed by atoms with Crippen molar-refractivity contribution in [3.05, 3.63) is 95.6 Å². The number of para-hydroxylation sites is 1. The van der Waals surface area contributed by atoms with Crippen LogP contribution in [0.3, 0.4) is 0 Å². The maximum Gasteiger partial charge on any atom is 0.273 e. The number of hydrogen-bond donors (Lipinski definition) is 6. The van der Waals surface area contributed by atoms with Gasteiger partial charge in [-0.05, 0) is 67.5 Å². The van der Waals surface area contributed by atoms with Gasteiger partial charge >= 0.3 is 0 Å². The fourth-order valence-corrected chi connectivity index (χ4v) is 11.0. The summed E-state index contributed by atoms with van der Waals surface area (Å²) in [6, 6.07) is 16.9. The van der Waals surface area contributed by atoms with Gasteiger partial charge in [-0.15, -0.1) is 21.5 Å². The molecular formula is C58H75N15O7S. The molecule has 22 nitrogen and oxygen atoms in total. The minimum Gasteiger partial charge on any atom is -0.494 e. The highest BCUT2D eigenvalue weighted by Crippen LogP contribution is 2.38. The van der Waals surface area contributed by atoms with Gasteiger partial charge in [0.25, 0.3) is 5.91 Å². The number of nitrogens with one attached hydrogen (secondary N) is 5. The summed E-state index contributed by atoms with van der Waals surface area (Å²) in [5.74, 6) is 0.605. The number of pyridine rings is 1. The second kappa shape index (κ2) is 26.9. The van der Waals surface area contributed by atoms with E-state index in [-0.39, 0.29) is 54.8 Å². The molecular weight excluding hydrogens is 1050 g/mol. The number of carbonyl (C=O) groups excluding carboxylic acids is 5. The zero-order valence-electron chi connectivity index (χ0n) is 47.5. The Morgan fingerprint density at radius 3 is 2.21 bits per heavy atom. The van der Waals surface area contributed by atoms with Crippen molar-refractivity contribution in [1.82, 2.24) is 60.7 Å².